The molecule has 1 fully saturated rings. The number of benzene rings is 3. The summed E-state index contributed by atoms with van der Waals surface area (Å²) in [7, 11) is 0. The number of phenols is 1. The summed E-state index contributed by atoms with van der Waals surface area (Å²) in [5, 5.41) is 20.4. The average Bonchev–Trinajstić information content (AvgIpc) is 3.67. The van der Waals surface area contributed by atoms with E-state index < -0.39 is 66.2 Å². The van der Waals surface area contributed by atoms with Crippen molar-refractivity contribution < 1.29 is 33.9 Å². The van der Waals surface area contributed by atoms with Gasteiger partial charge in [-0.25, -0.2) is 0 Å². The van der Waals surface area contributed by atoms with Gasteiger partial charge in [-0.1, -0.05) is 72.8 Å². The van der Waals surface area contributed by atoms with Crippen molar-refractivity contribution in [2.24, 2.45) is 11.5 Å². The van der Waals surface area contributed by atoms with E-state index in [-0.39, 0.29) is 31.6 Å². The number of aromatic hydroxyl groups is 1. The van der Waals surface area contributed by atoms with Crippen LogP contribution in [0.1, 0.15) is 48.8 Å². The molecule has 0 radical (unpaired) electrons. The Labute approximate surface area is 314 Å². The highest BCUT2D eigenvalue weighted by molar-refractivity contribution is 5.98. The van der Waals surface area contributed by atoms with Gasteiger partial charge in [0, 0.05) is 25.5 Å². The second kappa shape index (κ2) is 20.9. The first-order valence-electron chi connectivity index (χ1n) is 18.1. The molecule has 3 aromatic carbocycles. The van der Waals surface area contributed by atoms with Gasteiger partial charge < -0.3 is 42.7 Å². The summed E-state index contributed by atoms with van der Waals surface area (Å²) in [5.41, 5.74) is 13.5. The number of nitrogens with zero attached hydrogens (tertiary/aromatic N) is 1. The minimum atomic E-state index is -1.03. The molecule has 6 amide bonds. The highest BCUT2D eigenvalue weighted by Crippen LogP contribution is 2.20. The number of phenolic OH excluding ortho intramolecular Hbond substituents is 1. The lowest BCUT2D eigenvalue weighted by Gasteiger charge is -2.28. The van der Waals surface area contributed by atoms with Crippen LogP contribution in [-0.2, 0) is 41.6 Å². The highest BCUT2D eigenvalue weighted by Gasteiger charge is 2.38. The molecule has 0 aliphatic carbocycles. The SMILES string of the molecule is NCCCC[C@H](NC(=O)CNC(=O)[C@@H]1CCCN1C(=O)[C@H](Cc1ccc(O)cc1)NC(=O)/C=C/c1ccccc1)C(=O)NC(Cc1ccccc1)C(N)=O. The third-order valence-electron chi connectivity index (χ3n) is 9.02. The Kier molecular flexibility index (Phi) is 15.8. The summed E-state index contributed by atoms with van der Waals surface area (Å²) in [6, 6.07) is 20.5. The third-order valence-corrected chi connectivity index (χ3v) is 9.02. The van der Waals surface area contributed by atoms with Crippen molar-refractivity contribution >= 4 is 41.5 Å². The number of primary amides is 1. The number of carbonyl (C=O) groups is 6. The Bertz CT molecular complexity index is 1750. The van der Waals surface area contributed by atoms with Crippen molar-refractivity contribution in [2.75, 3.05) is 19.6 Å². The molecule has 0 saturated carbocycles. The average molecular weight is 740 g/mol. The number of carbonyl (C=O) groups excluding carboxylic acids is 6. The number of rotatable bonds is 19. The standard InChI is InChI=1S/C40H49N7O7/c41-22-8-7-14-31(38(52)46-32(37(42)51)24-28-12-5-2-6-13-28)44-36(50)26-43-39(53)34-15-9-23-47(34)40(54)33(25-29-16-19-30(48)20-17-29)45-35(49)21-18-27-10-3-1-4-11-27/h1-6,10-13,16-21,31-34,48H,7-9,14-15,22-26,41H2,(H2,42,51)(H,43,53)(H,44,50)(H,45,49)(H,46,52)/b21-18+/t31-,32?,33-,34-/m0/s1. The topological polar surface area (TPSA) is 226 Å². The molecule has 1 aliphatic rings. The number of hydrogen-bond acceptors (Lipinski definition) is 8. The van der Waals surface area contributed by atoms with Crippen molar-refractivity contribution in [3.05, 3.63) is 108 Å². The maximum absolute atomic E-state index is 14.0. The summed E-state index contributed by atoms with van der Waals surface area (Å²) >= 11 is 0. The molecule has 1 unspecified atom stereocenters. The van der Waals surface area contributed by atoms with E-state index >= 15 is 0 Å². The number of nitrogens with two attached hydrogens (primary N) is 2. The van der Waals surface area contributed by atoms with Crippen LogP contribution in [0, 0.1) is 0 Å². The van der Waals surface area contributed by atoms with E-state index in [1.807, 2.05) is 36.4 Å². The van der Waals surface area contributed by atoms with Crippen molar-refractivity contribution in [1.82, 2.24) is 26.2 Å². The summed E-state index contributed by atoms with van der Waals surface area (Å²) in [4.78, 5) is 80.4. The zero-order valence-corrected chi connectivity index (χ0v) is 30.1. The third kappa shape index (κ3) is 12.9. The van der Waals surface area contributed by atoms with Gasteiger partial charge >= 0.3 is 0 Å². The number of nitrogens with one attached hydrogen (secondary N) is 4. The molecule has 0 aromatic heterocycles. The summed E-state index contributed by atoms with van der Waals surface area (Å²) in [6.45, 7) is 0.175. The zero-order valence-electron chi connectivity index (χ0n) is 30.1. The Morgan fingerprint density at radius 1 is 0.796 bits per heavy atom. The van der Waals surface area contributed by atoms with Gasteiger partial charge in [-0.2, -0.15) is 0 Å². The Balaban J connectivity index is 1.39. The first-order chi connectivity index (χ1) is 26.0. The van der Waals surface area contributed by atoms with Gasteiger partial charge in [0.1, 0.15) is 29.9 Å². The molecule has 4 atom stereocenters. The van der Waals surface area contributed by atoms with E-state index in [9.17, 15) is 33.9 Å². The summed E-state index contributed by atoms with van der Waals surface area (Å²) < 4.78 is 0. The van der Waals surface area contributed by atoms with E-state index in [1.54, 1.807) is 42.5 Å². The van der Waals surface area contributed by atoms with E-state index in [0.717, 1.165) is 11.1 Å². The maximum Gasteiger partial charge on any atom is 0.246 e. The molecule has 9 N–H and O–H groups in total. The van der Waals surface area contributed by atoms with Crippen LogP contribution in [0.3, 0.4) is 0 Å². The first kappa shape index (κ1) is 40.7. The van der Waals surface area contributed by atoms with Crippen molar-refractivity contribution in [3.63, 3.8) is 0 Å². The molecular weight excluding hydrogens is 690 g/mol. The molecule has 14 nitrogen and oxygen atoms in total. The van der Waals surface area contributed by atoms with Crippen LogP contribution < -0.4 is 32.7 Å². The smallest absolute Gasteiger partial charge is 0.246 e. The van der Waals surface area contributed by atoms with Gasteiger partial charge in [0.15, 0.2) is 0 Å². The second-order valence-electron chi connectivity index (χ2n) is 13.1. The Hall–Kier alpha value is -6.02. The van der Waals surface area contributed by atoms with Crippen molar-refractivity contribution in [1.29, 1.82) is 0 Å². The molecule has 286 valence electrons. The minimum absolute atomic E-state index is 0.0530. The van der Waals surface area contributed by atoms with E-state index in [2.05, 4.69) is 21.3 Å². The monoisotopic (exact) mass is 739 g/mol. The predicted molar refractivity (Wildman–Crippen MR) is 203 cm³/mol. The largest absolute Gasteiger partial charge is 0.508 e. The molecule has 4 rings (SSSR count). The van der Waals surface area contributed by atoms with Crippen LogP contribution in [0.4, 0.5) is 0 Å². The van der Waals surface area contributed by atoms with Crippen LogP contribution in [-0.4, -0.2) is 89.3 Å². The van der Waals surface area contributed by atoms with Crippen LogP contribution in [0.15, 0.2) is 91.0 Å². The molecule has 0 spiro atoms. The van der Waals surface area contributed by atoms with Gasteiger partial charge in [0.2, 0.25) is 35.4 Å². The van der Waals surface area contributed by atoms with Crippen LogP contribution in [0.25, 0.3) is 6.08 Å². The zero-order chi connectivity index (χ0) is 38.9. The molecule has 0 bridgehead atoms. The van der Waals surface area contributed by atoms with E-state index in [0.29, 0.717) is 37.8 Å². The number of likely N-dealkylation sites (tertiary alicyclic amines) is 1. The number of hydrogen-bond donors (Lipinski definition) is 7. The summed E-state index contributed by atoms with van der Waals surface area (Å²) in [6.07, 6.45) is 5.45. The number of unbranched alkanes of at least 4 members (excludes halogenated alkanes) is 1. The van der Waals surface area contributed by atoms with Crippen LogP contribution in [0.5, 0.6) is 5.75 Å². The molecule has 1 heterocycles. The fourth-order valence-corrected chi connectivity index (χ4v) is 6.16. The van der Waals surface area contributed by atoms with Gasteiger partial charge in [0.05, 0.1) is 6.54 Å². The van der Waals surface area contributed by atoms with Crippen LogP contribution >= 0.6 is 0 Å². The van der Waals surface area contributed by atoms with Crippen LogP contribution in [0.2, 0.25) is 0 Å². The van der Waals surface area contributed by atoms with E-state index in [4.69, 9.17) is 11.5 Å². The predicted octanol–water partition coefficient (Wildman–Crippen LogP) is 1.07. The quantitative estimate of drug-likeness (QED) is 0.0694. The Morgan fingerprint density at radius 2 is 1.44 bits per heavy atom. The van der Waals surface area contributed by atoms with Gasteiger partial charge in [-0.15, -0.1) is 0 Å². The van der Waals surface area contributed by atoms with Gasteiger partial charge in [-0.3, -0.25) is 28.8 Å². The van der Waals surface area contributed by atoms with Gasteiger partial charge in [-0.05, 0) is 73.5 Å². The first-order valence-corrected chi connectivity index (χ1v) is 18.1. The molecule has 1 saturated heterocycles. The second-order valence-corrected chi connectivity index (χ2v) is 13.1. The molecule has 14 heteroatoms. The van der Waals surface area contributed by atoms with Crippen molar-refractivity contribution in [2.45, 2.75) is 69.1 Å². The highest BCUT2D eigenvalue weighted by atomic mass is 16.3. The lowest BCUT2D eigenvalue weighted by molar-refractivity contribution is -0.141. The summed E-state index contributed by atoms with van der Waals surface area (Å²) in [5.74, 6) is -3.45. The van der Waals surface area contributed by atoms with E-state index in [1.165, 1.54) is 23.1 Å². The minimum Gasteiger partial charge on any atom is -0.508 e. The molecular formula is C40H49N7O7. The van der Waals surface area contributed by atoms with Crippen molar-refractivity contribution in [3.8, 4) is 5.75 Å². The normalized spacial score (nSPS) is 15.5. The fraction of sp³-hybridized carbons (Fsp3) is 0.350. The van der Waals surface area contributed by atoms with Gasteiger partial charge in [0.25, 0.3) is 0 Å². The lowest BCUT2D eigenvalue weighted by Crippen LogP contribution is -2.56. The fourth-order valence-electron chi connectivity index (χ4n) is 6.16. The maximum atomic E-state index is 14.0. The molecule has 54 heavy (non-hydrogen) atoms. The number of amides is 6. The molecule has 3 aromatic rings. The lowest BCUT2D eigenvalue weighted by atomic mass is 10.0. The Morgan fingerprint density at radius 3 is 2.11 bits per heavy atom. The molecule has 1 aliphatic heterocycles.